The van der Waals surface area contributed by atoms with Crippen LogP contribution in [0.4, 0.5) is 0 Å². The number of carbonyl (C=O) groups excluding carboxylic acids is 1. The lowest BCUT2D eigenvalue weighted by Crippen LogP contribution is -2.22. The average Bonchev–Trinajstić information content (AvgIpc) is 3.04. The largest absolute Gasteiger partial charge is 0.467 e. The molecule has 0 spiro atoms. The van der Waals surface area contributed by atoms with Crippen molar-refractivity contribution in [3.05, 3.63) is 24.2 Å². The molecule has 2 heterocycles. The first-order valence-corrected chi connectivity index (χ1v) is 8.80. The quantitative estimate of drug-likeness (QED) is 0.614. The number of hydrogen-bond donors (Lipinski definition) is 1. The molecule has 0 bridgehead atoms. The molecule has 3 nitrogen and oxygen atoms in total. The number of furan rings is 1. The lowest BCUT2D eigenvalue weighted by molar-refractivity contribution is -0.121. The summed E-state index contributed by atoms with van der Waals surface area (Å²) < 4.78 is 5.16. The predicted molar refractivity (Wildman–Crippen MR) is 77.5 cm³/mol. The van der Waals surface area contributed by atoms with Crippen LogP contribution >= 0.6 is 21.6 Å². The van der Waals surface area contributed by atoms with E-state index in [4.69, 9.17) is 4.42 Å². The van der Waals surface area contributed by atoms with Gasteiger partial charge in [-0.05, 0) is 31.4 Å². The van der Waals surface area contributed by atoms with Gasteiger partial charge in [0.1, 0.15) is 5.76 Å². The van der Waals surface area contributed by atoms with Gasteiger partial charge in [-0.25, -0.2) is 0 Å². The van der Waals surface area contributed by atoms with Crippen molar-refractivity contribution in [3.8, 4) is 0 Å². The second kappa shape index (κ2) is 7.79. The molecule has 100 valence electrons. The zero-order valence-corrected chi connectivity index (χ0v) is 12.0. The van der Waals surface area contributed by atoms with E-state index in [1.165, 1.54) is 18.6 Å². The van der Waals surface area contributed by atoms with Crippen molar-refractivity contribution < 1.29 is 9.21 Å². The van der Waals surface area contributed by atoms with Gasteiger partial charge in [0.2, 0.25) is 5.91 Å². The van der Waals surface area contributed by atoms with Crippen LogP contribution in [0.2, 0.25) is 0 Å². The fourth-order valence-electron chi connectivity index (χ4n) is 1.91. The van der Waals surface area contributed by atoms with Crippen LogP contribution in [-0.4, -0.2) is 16.9 Å². The van der Waals surface area contributed by atoms with E-state index in [2.05, 4.69) is 5.32 Å². The third kappa shape index (κ3) is 4.98. The molecule has 1 aromatic heterocycles. The molecule has 0 radical (unpaired) electrons. The number of unbranched alkanes of at least 4 members (excludes halogenated alkanes) is 1. The minimum atomic E-state index is 0.125. The summed E-state index contributed by atoms with van der Waals surface area (Å²) in [5.41, 5.74) is 0. The van der Waals surface area contributed by atoms with Gasteiger partial charge in [-0.2, -0.15) is 0 Å². The normalized spacial score (nSPS) is 19.0. The second-order valence-corrected chi connectivity index (χ2v) is 7.22. The Morgan fingerprint density at radius 3 is 3.17 bits per heavy atom. The Morgan fingerprint density at radius 2 is 2.44 bits per heavy atom. The second-order valence-electron chi connectivity index (χ2n) is 4.43. The van der Waals surface area contributed by atoms with E-state index in [0.29, 0.717) is 13.0 Å². The van der Waals surface area contributed by atoms with E-state index >= 15 is 0 Å². The smallest absolute Gasteiger partial charge is 0.220 e. The van der Waals surface area contributed by atoms with E-state index in [-0.39, 0.29) is 5.91 Å². The lowest BCUT2D eigenvalue weighted by Gasteiger charge is -2.07. The molecule has 1 amide bonds. The molecule has 2 rings (SSSR count). The van der Waals surface area contributed by atoms with E-state index in [0.717, 1.165) is 23.9 Å². The zero-order chi connectivity index (χ0) is 12.6. The molecule has 1 atom stereocenters. The summed E-state index contributed by atoms with van der Waals surface area (Å²) in [4.78, 5) is 11.6. The third-order valence-corrected chi connectivity index (χ3v) is 5.95. The van der Waals surface area contributed by atoms with E-state index < -0.39 is 0 Å². The van der Waals surface area contributed by atoms with Crippen LogP contribution in [0.25, 0.3) is 0 Å². The fraction of sp³-hybridized carbons (Fsp3) is 0.615. The van der Waals surface area contributed by atoms with Gasteiger partial charge in [-0.1, -0.05) is 28.0 Å². The maximum Gasteiger partial charge on any atom is 0.220 e. The Balaban J connectivity index is 1.49. The molecule has 1 saturated heterocycles. The standard InChI is InChI=1S/C13H19NO2S2/c15-13(14-10-11-4-3-8-16-11)6-2-1-5-12-7-9-17-18-12/h3-4,8,12H,1-2,5-7,9-10H2,(H,14,15). The Hall–Kier alpha value is -0.550. The number of amides is 1. The van der Waals surface area contributed by atoms with Gasteiger partial charge < -0.3 is 9.73 Å². The van der Waals surface area contributed by atoms with Crippen molar-refractivity contribution in [1.82, 2.24) is 5.32 Å². The van der Waals surface area contributed by atoms with Gasteiger partial charge in [0.25, 0.3) is 0 Å². The molecule has 1 fully saturated rings. The van der Waals surface area contributed by atoms with Gasteiger partial charge in [-0.3, -0.25) is 4.79 Å². The molecule has 1 aliphatic rings. The van der Waals surface area contributed by atoms with Gasteiger partial charge >= 0.3 is 0 Å². The van der Waals surface area contributed by atoms with Crippen LogP contribution in [0, 0.1) is 0 Å². The van der Waals surface area contributed by atoms with E-state index in [1.54, 1.807) is 6.26 Å². The van der Waals surface area contributed by atoms with Crippen LogP contribution < -0.4 is 5.32 Å². The van der Waals surface area contributed by atoms with Crippen molar-refractivity contribution in [2.75, 3.05) is 5.75 Å². The molecule has 0 aliphatic carbocycles. The summed E-state index contributed by atoms with van der Waals surface area (Å²) in [6, 6.07) is 3.70. The minimum Gasteiger partial charge on any atom is -0.467 e. The highest BCUT2D eigenvalue weighted by Gasteiger charge is 2.15. The van der Waals surface area contributed by atoms with Crippen molar-refractivity contribution in [3.63, 3.8) is 0 Å². The maximum atomic E-state index is 11.6. The number of carbonyl (C=O) groups is 1. The zero-order valence-electron chi connectivity index (χ0n) is 10.4. The number of nitrogens with one attached hydrogen (secondary N) is 1. The first-order chi connectivity index (χ1) is 8.84. The summed E-state index contributed by atoms with van der Waals surface area (Å²) in [6.45, 7) is 0.501. The molecular formula is C13H19NO2S2. The van der Waals surface area contributed by atoms with Crippen LogP contribution in [0.5, 0.6) is 0 Å². The fourth-order valence-corrected chi connectivity index (χ4v) is 4.94. The Kier molecular flexibility index (Phi) is 6.00. The molecule has 0 saturated carbocycles. The molecule has 1 unspecified atom stereocenters. The monoisotopic (exact) mass is 285 g/mol. The maximum absolute atomic E-state index is 11.6. The lowest BCUT2D eigenvalue weighted by atomic mass is 10.1. The summed E-state index contributed by atoms with van der Waals surface area (Å²) in [5.74, 6) is 2.22. The molecule has 0 aromatic carbocycles. The van der Waals surface area contributed by atoms with E-state index in [9.17, 15) is 4.79 Å². The van der Waals surface area contributed by atoms with Crippen molar-refractivity contribution in [2.24, 2.45) is 0 Å². The third-order valence-electron chi connectivity index (χ3n) is 2.95. The minimum absolute atomic E-state index is 0.125. The predicted octanol–water partition coefficient (Wildman–Crippen LogP) is 3.61. The molecular weight excluding hydrogens is 266 g/mol. The molecule has 18 heavy (non-hydrogen) atoms. The van der Waals surface area contributed by atoms with E-state index in [1.807, 2.05) is 33.7 Å². The number of rotatable bonds is 7. The summed E-state index contributed by atoms with van der Waals surface area (Å²) in [6.07, 6.45) is 6.99. The highest BCUT2D eigenvalue weighted by molar-refractivity contribution is 8.77. The first kappa shape index (κ1) is 13.9. The van der Waals surface area contributed by atoms with Crippen LogP contribution in [0.3, 0.4) is 0 Å². The molecule has 5 heteroatoms. The summed E-state index contributed by atoms with van der Waals surface area (Å²) in [5, 5.41) is 3.69. The molecule has 1 aliphatic heterocycles. The van der Waals surface area contributed by atoms with Gasteiger partial charge in [0.15, 0.2) is 0 Å². The topological polar surface area (TPSA) is 42.2 Å². The van der Waals surface area contributed by atoms with Crippen molar-refractivity contribution >= 4 is 27.5 Å². The van der Waals surface area contributed by atoms with Gasteiger partial charge in [0, 0.05) is 17.4 Å². The van der Waals surface area contributed by atoms with Crippen LogP contribution in [0.15, 0.2) is 22.8 Å². The summed E-state index contributed by atoms with van der Waals surface area (Å²) >= 11 is 0. The first-order valence-electron chi connectivity index (χ1n) is 6.42. The highest BCUT2D eigenvalue weighted by Crippen LogP contribution is 2.39. The highest BCUT2D eigenvalue weighted by atomic mass is 33.1. The molecule has 1 N–H and O–H groups in total. The van der Waals surface area contributed by atoms with Gasteiger partial charge in [-0.15, -0.1) is 0 Å². The Morgan fingerprint density at radius 1 is 1.50 bits per heavy atom. The van der Waals surface area contributed by atoms with Gasteiger partial charge in [0.05, 0.1) is 12.8 Å². The average molecular weight is 285 g/mol. The Bertz CT molecular complexity index is 348. The van der Waals surface area contributed by atoms with Crippen LogP contribution in [0.1, 0.15) is 37.9 Å². The van der Waals surface area contributed by atoms with Crippen molar-refractivity contribution in [1.29, 1.82) is 0 Å². The molecule has 1 aromatic rings. The van der Waals surface area contributed by atoms with Crippen molar-refractivity contribution in [2.45, 2.75) is 43.9 Å². The Labute approximate surface area is 116 Å². The SMILES string of the molecule is O=C(CCCCC1CCSS1)NCc1ccco1. The number of hydrogen-bond acceptors (Lipinski definition) is 4. The van der Waals surface area contributed by atoms with Crippen LogP contribution in [-0.2, 0) is 11.3 Å². The summed E-state index contributed by atoms with van der Waals surface area (Å²) in [7, 11) is 3.99.